The summed E-state index contributed by atoms with van der Waals surface area (Å²) >= 11 is 14.0. The van der Waals surface area contributed by atoms with Gasteiger partial charge in [0.25, 0.3) is 5.91 Å². The molecule has 0 spiro atoms. The lowest BCUT2D eigenvalue weighted by molar-refractivity contribution is 0.100. The van der Waals surface area contributed by atoms with Gasteiger partial charge in [-0.2, -0.15) is 0 Å². The largest absolute Gasteiger partial charge is 0.365 e. The van der Waals surface area contributed by atoms with Crippen molar-refractivity contribution in [3.8, 4) is 11.3 Å². The van der Waals surface area contributed by atoms with Crippen molar-refractivity contribution in [1.82, 2.24) is 15.0 Å². The monoisotopic (exact) mass is 415 g/mol. The van der Waals surface area contributed by atoms with Crippen molar-refractivity contribution in [2.45, 2.75) is 44.4 Å². The molecule has 4 N–H and O–H groups in total. The summed E-state index contributed by atoms with van der Waals surface area (Å²) < 4.78 is 2.03. The normalized spacial score (nSPS) is 16.8. The lowest BCUT2D eigenvalue weighted by Gasteiger charge is -2.27. The molecule has 1 aliphatic carbocycles. The van der Waals surface area contributed by atoms with Gasteiger partial charge in [-0.15, -0.1) is 16.4 Å². The first-order valence-corrected chi connectivity index (χ1v) is 10.4. The molecule has 0 bridgehead atoms. The molecule has 1 saturated carbocycles. The molecule has 3 rings (SSSR count). The Balaban J connectivity index is 2.09. The summed E-state index contributed by atoms with van der Waals surface area (Å²) in [4.78, 5) is 12.6. The minimum absolute atomic E-state index is 0.00897. The van der Waals surface area contributed by atoms with Crippen LogP contribution in [0.3, 0.4) is 0 Å². The standard InChI is InChI=1S/C17H23Cl2N5OS/c1-24-13(15(18)22-23-24)12-11(14(17(21)25)26-16(12)19)10(8-20)7-9-5-3-2-4-6-9/h9-10H,2-8,20H2,1H3,(H2,21,25)/t10-/m1/s1. The van der Waals surface area contributed by atoms with Crippen LogP contribution in [0.5, 0.6) is 0 Å². The Kier molecular flexibility index (Phi) is 6.22. The average molecular weight is 416 g/mol. The van der Waals surface area contributed by atoms with E-state index < -0.39 is 5.91 Å². The van der Waals surface area contributed by atoms with Crippen molar-refractivity contribution in [2.75, 3.05) is 6.54 Å². The van der Waals surface area contributed by atoms with Crippen LogP contribution in [0.1, 0.15) is 59.7 Å². The number of carbonyl (C=O) groups excluding carboxylic acids is 1. The maximum atomic E-state index is 12.1. The number of halogens is 2. The molecule has 2 aromatic rings. The minimum Gasteiger partial charge on any atom is -0.365 e. The Bertz CT molecular complexity index is 778. The van der Waals surface area contributed by atoms with Crippen LogP contribution in [0, 0.1) is 5.92 Å². The number of thiophene rings is 1. The quantitative estimate of drug-likeness (QED) is 0.744. The van der Waals surface area contributed by atoms with Crippen LogP contribution in [0.2, 0.25) is 9.49 Å². The molecule has 0 aliphatic heterocycles. The maximum absolute atomic E-state index is 12.1. The van der Waals surface area contributed by atoms with E-state index in [1.807, 2.05) is 0 Å². The Morgan fingerprint density at radius 1 is 1.35 bits per heavy atom. The number of rotatable bonds is 6. The van der Waals surface area contributed by atoms with E-state index in [9.17, 15) is 4.79 Å². The van der Waals surface area contributed by atoms with Crippen molar-refractivity contribution in [3.05, 3.63) is 19.9 Å². The van der Waals surface area contributed by atoms with Gasteiger partial charge in [-0.1, -0.05) is 60.5 Å². The summed E-state index contributed by atoms with van der Waals surface area (Å²) in [5.41, 5.74) is 13.9. The summed E-state index contributed by atoms with van der Waals surface area (Å²) in [7, 11) is 1.74. The van der Waals surface area contributed by atoms with E-state index >= 15 is 0 Å². The molecule has 9 heteroatoms. The summed E-state index contributed by atoms with van der Waals surface area (Å²) in [6.45, 7) is 0.416. The first-order chi connectivity index (χ1) is 12.4. The van der Waals surface area contributed by atoms with Gasteiger partial charge in [0.2, 0.25) is 0 Å². The predicted molar refractivity (Wildman–Crippen MR) is 106 cm³/mol. The highest BCUT2D eigenvalue weighted by molar-refractivity contribution is 7.18. The van der Waals surface area contributed by atoms with Crippen LogP contribution in [-0.2, 0) is 7.05 Å². The molecule has 2 heterocycles. The van der Waals surface area contributed by atoms with Crippen LogP contribution in [0.25, 0.3) is 11.3 Å². The number of nitrogens with two attached hydrogens (primary N) is 2. The molecule has 142 valence electrons. The van der Waals surface area contributed by atoms with E-state index in [2.05, 4.69) is 10.3 Å². The second kappa shape index (κ2) is 8.25. The Morgan fingerprint density at radius 2 is 2.04 bits per heavy atom. The predicted octanol–water partition coefficient (Wildman–Crippen LogP) is 3.96. The molecule has 26 heavy (non-hydrogen) atoms. The number of carbonyl (C=O) groups is 1. The third-order valence-electron chi connectivity index (χ3n) is 5.18. The SMILES string of the molecule is Cn1nnc(Cl)c1-c1c(Cl)sc(C(N)=O)c1[C@@H](CN)CC1CCCCC1. The van der Waals surface area contributed by atoms with Crippen molar-refractivity contribution >= 4 is 40.4 Å². The highest BCUT2D eigenvalue weighted by Crippen LogP contribution is 2.47. The Hall–Kier alpha value is -1.15. The van der Waals surface area contributed by atoms with Gasteiger partial charge in [0.1, 0.15) is 10.0 Å². The van der Waals surface area contributed by atoms with Gasteiger partial charge >= 0.3 is 0 Å². The third kappa shape index (κ3) is 3.76. The fourth-order valence-electron chi connectivity index (χ4n) is 3.96. The minimum atomic E-state index is -0.494. The number of primary amides is 1. The van der Waals surface area contributed by atoms with Crippen LogP contribution in [-0.4, -0.2) is 27.4 Å². The smallest absolute Gasteiger partial charge is 0.259 e. The molecule has 6 nitrogen and oxygen atoms in total. The van der Waals surface area contributed by atoms with Gasteiger partial charge in [0.15, 0.2) is 5.15 Å². The fourth-order valence-corrected chi connectivity index (χ4v) is 5.60. The van der Waals surface area contributed by atoms with Gasteiger partial charge in [-0.05, 0) is 30.4 Å². The zero-order chi connectivity index (χ0) is 18.8. The summed E-state index contributed by atoms with van der Waals surface area (Å²) in [6, 6.07) is 0. The lowest BCUT2D eigenvalue weighted by atomic mass is 9.79. The molecular formula is C17H23Cl2N5OS. The highest BCUT2D eigenvalue weighted by Gasteiger charge is 2.31. The molecule has 0 saturated heterocycles. The van der Waals surface area contributed by atoms with Crippen molar-refractivity contribution < 1.29 is 4.79 Å². The van der Waals surface area contributed by atoms with E-state index in [0.717, 1.165) is 12.0 Å². The van der Waals surface area contributed by atoms with Crippen LogP contribution in [0.15, 0.2) is 0 Å². The number of aryl methyl sites for hydroxylation is 1. The molecule has 1 amide bonds. The highest BCUT2D eigenvalue weighted by atomic mass is 35.5. The number of nitrogens with zero attached hydrogens (tertiary/aromatic N) is 3. The summed E-state index contributed by atoms with van der Waals surface area (Å²) in [6.07, 6.45) is 7.11. The van der Waals surface area contributed by atoms with Crippen LogP contribution < -0.4 is 11.5 Å². The van der Waals surface area contributed by atoms with Crippen molar-refractivity contribution in [3.63, 3.8) is 0 Å². The van der Waals surface area contributed by atoms with Crippen LogP contribution >= 0.6 is 34.5 Å². The van der Waals surface area contributed by atoms with E-state index in [1.54, 1.807) is 11.7 Å². The second-order valence-corrected chi connectivity index (χ2v) is 8.86. The molecule has 0 unspecified atom stereocenters. The van der Waals surface area contributed by atoms with Crippen LogP contribution in [0.4, 0.5) is 0 Å². The van der Waals surface area contributed by atoms with Gasteiger partial charge < -0.3 is 11.5 Å². The van der Waals surface area contributed by atoms with E-state index in [0.29, 0.717) is 32.9 Å². The Morgan fingerprint density at radius 3 is 2.58 bits per heavy atom. The second-order valence-electron chi connectivity index (χ2n) is 6.88. The van der Waals surface area contributed by atoms with E-state index in [1.165, 1.54) is 43.4 Å². The summed E-state index contributed by atoms with van der Waals surface area (Å²) in [5, 5.41) is 8.12. The van der Waals surface area contributed by atoms with Crippen molar-refractivity contribution in [2.24, 2.45) is 24.4 Å². The van der Waals surface area contributed by atoms with Gasteiger partial charge in [-0.3, -0.25) is 4.79 Å². The number of amides is 1. The fraction of sp³-hybridized carbons (Fsp3) is 0.588. The Labute approximate surface area is 166 Å². The van der Waals surface area contributed by atoms with Gasteiger partial charge in [0, 0.05) is 12.6 Å². The molecule has 0 aromatic carbocycles. The maximum Gasteiger partial charge on any atom is 0.259 e. The third-order valence-corrected chi connectivity index (χ3v) is 6.87. The lowest BCUT2D eigenvalue weighted by Crippen LogP contribution is -2.21. The average Bonchev–Trinajstić information content (AvgIpc) is 3.13. The topological polar surface area (TPSA) is 99.8 Å². The molecule has 1 atom stereocenters. The summed E-state index contributed by atoms with van der Waals surface area (Å²) in [5.74, 6) is 0.0986. The van der Waals surface area contributed by atoms with E-state index in [4.69, 9.17) is 34.7 Å². The van der Waals surface area contributed by atoms with Gasteiger partial charge in [-0.25, -0.2) is 4.68 Å². The van der Waals surface area contributed by atoms with Crippen molar-refractivity contribution in [1.29, 1.82) is 0 Å². The number of aromatic nitrogens is 3. The molecule has 1 aliphatic rings. The molecule has 1 fully saturated rings. The van der Waals surface area contributed by atoms with E-state index in [-0.39, 0.29) is 11.1 Å². The molecule has 2 aromatic heterocycles. The zero-order valence-corrected chi connectivity index (χ0v) is 17.0. The first-order valence-electron chi connectivity index (χ1n) is 8.81. The molecular weight excluding hydrogens is 393 g/mol. The zero-order valence-electron chi connectivity index (χ0n) is 14.7. The number of hydrogen-bond donors (Lipinski definition) is 2. The number of hydrogen-bond acceptors (Lipinski definition) is 5. The molecule has 0 radical (unpaired) electrons. The first kappa shape index (κ1) is 19.6. The van der Waals surface area contributed by atoms with Gasteiger partial charge in [0.05, 0.1) is 4.88 Å².